The Kier molecular flexibility index (Phi) is 7.38. The number of alkyl halides is 3. The summed E-state index contributed by atoms with van der Waals surface area (Å²) in [4.78, 5) is 11.9. The minimum Gasteiger partial charge on any atom is -0.490 e. The number of carboxylic acid groups (broad SMARTS) is 1. The van der Waals surface area contributed by atoms with Crippen molar-refractivity contribution in [1.82, 2.24) is 0 Å². The van der Waals surface area contributed by atoms with E-state index in [1.807, 2.05) is 0 Å². The summed E-state index contributed by atoms with van der Waals surface area (Å²) in [7, 11) is 0. The van der Waals surface area contributed by atoms with Crippen molar-refractivity contribution < 1.29 is 37.3 Å². The predicted octanol–water partition coefficient (Wildman–Crippen LogP) is 6.20. The second kappa shape index (κ2) is 10.0. The smallest absolute Gasteiger partial charge is 0.416 e. The maximum atomic E-state index is 12.7. The zero-order chi connectivity index (χ0) is 24.1. The molecule has 3 aromatic rings. The van der Waals surface area contributed by atoms with Crippen molar-refractivity contribution >= 4 is 17.6 Å². The molecule has 0 saturated carbocycles. The number of ether oxygens (including phenoxy) is 3. The summed E-state index contributed by atoms with van der Waals surface area (Å²) in [5, 5.41) is 10.3. The Balaban J connectivity index is 1.62. The van der Waals surface area contributed by atoms with Crippen LogP contribution in [-0.4, -0.2) is 24.3 Å². The first-order valence-corrected chi connectivity index (χ1v) is 10.2. The molecule has 0 saturated heterocycles. The van der Waals surface area contributed by atoms with Crippen LogP contribution in [0.5, 0.6) is 17.2 Å². The zero-order valence-corrected chi connectivity index (χ0v) is 18.2. The predicted molar refractivity (Wildman–Crippen MR) is 116 cm³/mol. The van der Waals surface area contributed by atoms with Crippen LogP contribution in [0.2, 0.25) is 5.02 Å². The number of halogens is 4. The highest BCUT2D eigenvalue weighted by Gasteiger charge is 2.38. The topological polar surface area (TPSA) is 65.0 Å². The van der Waals surface area contributed by atoms with E-state index in [4.69, 9.17) is 25.8 Å². The molecule has 0 spiro atoms. The first-order valence-electron chi connectivity index (χ1n) is 9.79. The van der Waals surface area contributed by atoms with E-state index in [-0.39, 0.29) is 19.0 Å². The molecule has 0 aliphatic carbocycles. The number of benzene rings is 3. The third-order valence-electron chi connectivity index (χ3n) is 4.75. The fourth-order valence-electron chi connectivity index (χ4n) is 2.89. The van der Waals surface area contributed by atoms with Crippen molar-refractivity contribution in [3.63, 3.8) is 0 Å². The summed E-state index contributed by atoms with van der Waals surface area (Å²) in [6, 6.07) is 16.9. The van der Waals surface area contributed by atoms with Gasteiger partial charge in [0.2, 0.25) is 5.60 Å². The van der Waals surface area contributed by atoms with Crippen LogP contribution in [0.15, 0.2) is 72.8 Å². The van der Waals surface area contributed by atoms with Crippen molar-refractivity contribution in [2.75, 3.05) is 13.2 Å². The first-order chi connectivity index (χ1) is 15.6. The number of carbonyl (C=O) groups is 1. The largest absolute Gasteiger partial charge is 0.490 e. The van der Waals surface area contributed by atoms with Gasteiger partial charge in [-0.2, -0.15) is 13.2 Å². The minimum atomic E-state index is -4.50. The van der Waals surface area contributed by atoms with Gasteiger partial charge in [-0.05, 0) is 67.6 Å². The van der Waals surface area contributed by atoms with Crippen LogP contribution in [-0.2, 0) is 16.6 Å². The van der Waals surface area contributed by atoms with Crippen molar-refractivity contribution in [3.8, 4) is 17.2 Å². The highest BCUT2D eigenvalue weighted by atomic mass is 35.5. The Morgan fingerprint density at radius 1 is 0.788 bits per heavy atom. The molecule has 0 amide bonds. The summed E-state index contributed by atoms with van der Waals surface area (Å²) in [6.45, 7) is 1.86. The van der Waals surface area contributed by atoms with Crippen molar-refractivity contribution in [2.45, 2.75) is 18.7 Å². The second-order valence-corrected chi connectivity index (χ2v) is 7.57. The summed E-state index contributed by atoms with van der Waals surface area (Å²) in [5.74, 6) is -0.170. The van der Waals surface area contributed by atoms with Gasteiger partial charge in [-0.15, -0.1) is 0 Å². The molecule has 0 aliphatic heterocycles. The monoisotopic (exact) mass is 480 g/mol. The Labute approximate surface area is 193 Å². The van der Waals surface area contributed by atoms with Gasteiger partial charge in [0.25, 0.3) is 0 Å². The van der Waals surface area contributed by atoms with Gasteiger partial charge in [0.1, 0.15) is 30.5 Å². The van der Waals surface area contributed by atoms with Gasteiger partial charge in [0, 0.05) is 10.6 Å². The van der Waals surface area contributed by atoms with Crippen LogP contribution >= 0.6 is 11.6 Å². The van der Waals surface area contributed by atoms with E-state index < -0.39 is 23.3 Å². The molecule has 0 fully saturated rings. The molecule has 9 heteroatoms. The number of hydrogen-bond acceptors (Lipinski definition) is 4. The van der Waals surface area contributed by atoms with Gasteiger partial charge >= 0.3 is 12.1 Å². The third kappa shape index (κ3) is 6.32. The fourth-order valence-corrected chi connectivity index (χ4v) is 3.02. The van der Waals surface area contributed by atoms with Gasteiger partial charge in [-0.3, -0.25) is 0 Å². The number of carboxylic acids is 1. The zero-order valence-electron chi connectivity index (χ0n) is 17.4. The number of rotatable bonds is 9. The summed E-state index contributed by atoms with van der Waals surface area (Å²) >= 11 is 5.82. The molecule has 0 aromatic heterocycles. The molecule has 0 bridgehead atoms. The van der Waals surface area contributed by atoms with Gasteiger partial charge in [-0.25, -0.2) is 4.79 Å². The molecule has 174 valence electrons. The van der Waals surface area contributed by atoms with Crippen molar-refractivity contribution in [2.24, 2.45) is 0 Å². The number of aliphatic carboxylic acids is 1. The summed E-state index contributed by atoms with van der Waals surface area (Å²) in [6.07, 6.45) is -4.50. The quantitative estimate of drug-likeness (QED) is 0.370. The molecule has 1 atom stereocenters. The molecule has 3 rings (SSSR count). The highest BCUT2D eigenvalue weighted by molar-refractivity contribution is 6.30. The average molecular weight is 481 g/mol. The lowest BCUT2D eigenvalue weighted by Crippen LogP contribution is -2.38. The Morgan fingerprint density at radius 3 is 1.67 bits per heavy atom. The van der Waals surface area contributed by atoms with Crippen LogP contribution in [0.3, 0.4) is 0 Å². The molecule has 3 aromatic carbocycles. The van der Waals surface area contributed by atoms with Gasteiger partial charge in [-0.1, -0.05) is 23.7 Å². The molecular formula is C24H20ClF3O5. The third-order valence-corrected chi connectivity index (χ3v) is 5.00. The van der Waals surface area contributed by atoms with Gasteiger partial charge in [0.05, 0.1) is 5.56 Å². The standard InChI is InChI=1S/C24H20ClF3O5/c1-23(22(29)30,33-21-10-4-17(5-11-21)24(26,27)28)16-2-8-19(9-3-16)31-14-15-32-20-12-6-18(25)7-13-20/h2-13H,14-15H2,1H3,(H,29,30). The molecular weight excluding hydrogens is 461 g/mol. The van der Waals surface area contributed by atoms with E-state index in [1.54, 1.807) is 36.4 Å². The lowest BCUT2D eigenvalue weighted by Gasteiger charge is -2.27. The van der Waals surface area contributed by atoms with Crippen LogP contribution in [0.4, 0.5) is 13.2 Å². The second-order valence-electron chi connectivity index (χ2n) is 7.14. The first kappa shape index (κ1) is 24.3. The molecule has 1 unspecified atom stereocenters. The molecule has 33 heavy (non-hydrogen) atoms. The molecule has 0 heterocycles. The Hall–Kier alpha value is -3.39. The van der Waals surface area contributed by atoms with Crippen molar-refractivity contribution in [3.05, 3.63) is 88.9 Å². The SMILES string of the molecule is CC(Oc1ccc(C(F)(F)F)cc1)(C(=O)O)c1ccc(OCCOc2ccc(Cl)cc2)cc1. The van der Waals surface area contributed by atoms with E-state index >= 15 is 0 Å². The molecule has 0 aliphatic rings. The van der Waals surface area contributed by atoms with Crippen LogP contribution < -0.4 is 14.2 Å². The Morgan fingerprint density at radius 2 is 1.21 bits per heavy atom. The minimum absolute atomic E-state index is 0.00688. The van der Waals surface area contributed by atoms with Gasteiger partial charge < -0.3 is 19.3 Å². The van der Waals surface area contributed by atoms with E-state index in [0.717, 1.165) is 24.3 Å². The van der Waals surface area contributed by atoms with E-state index in [9.17, 15) is 23.1 Å². The van der Waals surface area contributed by atoms with E-state index in [2.05, 4.69) is 0 Å². The van der Waals surface area contributed by atoms with Crippen LogP contribution in [0, 0.1) is 0 Å². The number of hydrogen-bond donors (Lipinski definition) is 1. The summed E-state index contributed by atoms with van der Waals surface area (Å²) in [5.41, 5.74) is -2.39. The lowest BCUT2D eigenvalue weighted by atomic mass is 9.95. The lowest BCUT2D eigenvalue weighted by molar-refractivity contribution is -0.154. The highest BCUT2D eigenvalue weighted by Crippen LogP contribution is 2.33. The van der Waals surface area contributed by atoms with Crippen LogP contribution in [0.1, 0.15) is 18.1 Å². The molecule has 5 nitrogen and oxygen atoms in total. The molecule has 1 N–H and O–H groups in total. The normalized spacial score (nSPS) is 13.1. The van der Waals surface area contributed by atoms with Crippen molar-refractivity contribution in [1.29, 1.82) is 0 Å². The fraction of sp³-hybridized carbons (Fsp3) is 0.208. The molecule has 0 radical (unpaired) electrons. The van der Waals surface area contributed by atoms with Gasteiger partial charge in [0.15, 0.2) is 0 Å². The maximum absolute atomic E-state index is 12.7. The van der Waals surface area contributed by atoms with E-state index in [1.165, 1.54) is 19.1 Å². The average Bonchev–Trinajstić information content (AvgIpc) is 2.78. The van der Waals surface area contributed by atoms with Crippen LogP contribution in [0.25, 0.3) is 0 Å². The summed E-state index contributed by atoms with van der Waals surface area (Å²) < 4.78 is 54.9. The maximum Gasteiger partial charge on any atom is 0.416 e. The Bertz CT molecular complexity index is 1070. The van der Waals surface area contributed by atoms with E-state index in [0.29, 0.717) is 22.1 Å².